The Morgan fingerprint density at radius 3 is 2.89 bits per heavy atom. The van der Waals surface area contributed by atoms with Gasteiger partial charge in [-0.25, -0.2) is 0 Å². The van der Waals surface area contributed by atoms with Crippen LogP contribution in [0.15, 0.2) is 18.2 Å². The zero-order valence-corrected chi connectivity index (χ0v) is 11.4. The highest BCUT2D eigenvalue weighted by atomic mass is 15.0. The average molecular weight is 244 g/mol. The predicted octanol–water partition coefficient (Wildman–Crippen LogP) is 2.75. The monoisotopic (exact) mass is 244 g/mol. The summed E-state index contributed by atoms with van der Waals surface area (Å²) in [6.45, 7) is 5.51. The number of hydrogen-bond acceptors (Lipinski definition) is 2. The number of nitrogens with one attached hydrogen (secondary N) is 2. The summed E-state index contributed by atoms with van der Waals surface area (Å²) in [7, 11) is 0. The van der Waals surface area contributed by atoms with Gasteiger partial charge in [0.2, 0.25) is 0 Å². The Morgan fingerprint density at radius 2 is 2.17 bits per heavy atom. The molecule has 1 saturated carbocycles. The summed E-state index contributed by atoms with van der Waals surface area (Å²) >= 11 is 0. The minimum Gasteiger partial charge on any atom is -0.312 e. The molecule has 0 amide bonds. The molecular weight excluding hydrogens is 220 g/mol. The van der Waals surface area contributed by atoms with E-state index in [1.807, 2.05) is 0 Å². The molecule has 18 heavy (non-hydrogen) atoms. The van der Waals surface area contributed by atoms with Crippen LogP contribution in [-0.4, -0.2) is 12.1 Å². The van der Waals surface area contributed by atoms with Gasteiger partial charge in [0, 0.05) is 18.6 Å². The molecule has 3 rings (SSSR count). The molecule has 2 nitrogen and oxygen atoms in total. The third-order valence-electron chi connectivity index (χ3n) is 4.81. The van der Waals surface area contributed by atoms with Gasteiger partial charge in [-0.2, -0.15) is 0 Å². The van der Waals surface area contributed by atoms with Gasteiger partial charge in [0.05, 0.1) is 0 Å². The fourth-order valence-electron chi connectivity index (χ4n) is 3.19. The summed E-state index contributed by atoms with van der Waals surface area (Å²) < 4.78 is 0. The van der Waals surface area contributed by atoms with Crippen molar-refractivity contribution in [2.45, 2.75) is 57.7 Å². The lowest BCUT2D eigenvalue weighted by Crippen LogP contribution is -2.49. The van der Waals surface area contributed by atoms with E-state index in [1.165, 1.54) is 48.8 Å². The van der Waals surface area contributed by atoms with Crippen LogP contribution in [0.25, 0.3) is 0 Å². The maximum Gasteiger partial charge on any atom is 0.0210 e. The second kappa shape index (κ2) is 5.02. The number of hydrogen-bond donors (Lipinski definition) is 2. The molecule has 1 aliphatic carbocycles. The smallest absolute Gasteiger partial charge is 0.0210 e. The lowest BCUT2D eigenvalue weighted by Gasteiger charge is -2.42. The fraction of sp³-hybridized carbons (Fsp3) is 0.625. The van der Waals surface area contributed by atoms with Crippen molar-refractivity contribution in [2.24, 2.45) is 0 Å². The van der Waals surface area contributed by atoms with Crippen LogP contribution in [-0.2, 0) is 19.5 Å². The first-order chi connectivity index (χ1) is 8.81. The lowest BCUT2D eigenvalue weighted by molar-refractivity contribution is 0.175. The van der Waals surface area contributed by atoms with Crippen LogP contribution in [0, 0.1) is 0 Å². The molecule has 1 aromatic carbocycles. The maximum atomic E-state index is 3.78. The Kier molecular flexibility index (Phi) is 3.40. The van der Waals surface area contributed by atoms with E-state index in [1.54, 1.807) is 0 Å². The normalized spacial score (nSPS) is 21.2. The third-order valence-corrected chi connectivity index (χ3v) is 4.81. The van der Waals surface area contributed by atoms with E-state index in [0.29, 0.717) is 5.54 Å². The van der Waals surface area contributed by atoms with E-state index in [-0.39, 0.29) is 0 Å². The van der Waals surface area contributed by atoms with Crippen molar-refractivity contribution < 1.29 is 0 Å². The summed E-state index contributed by atoms with van der Waals surface area (Å²) in [6, 6.07) is 7.02. The highest BCUT2D eigenvalue weighted by molar-refractivity contribution is 5.33. The van der Waals surface area contributed by atoms with Crippen molar-refractivity contribution in [3.8, 4) is 0 Å². The Bertz CT molecular complexity index is 416. The number of benzene rings is 1. The standard InChI is InChI=1S/C16H24N2/c1-2-16(7-3-8-16)18-11-13-4-5-14-6-9-17-12-15(14)10-13/h4-5,10,17-18H,2-3,6-9,11-12H2,1H3. The van der Waals surface area contributed by atoms with Gasteiger partial charge >= 0.3 is 0 Å². The van der Waals surface area contributed by atoms with Crippen LogP contribution in [0.1, 0.15) is 49.3 Å². The highest BCUT2D eigenvalue weighted by Crippen LogP contribution is 2.34. The van der Waals surface area contributed by atoms with Gasteiger partial charge in [-0.05, 0) is 55.3 Å². The van der Waals surface area contributed by atoms with E-state index in [9.17, 15) is 0 Å². The zero-order chi connectivity index (χ0) is 12.4. The molecule has 2 aliphatic rings. The molecule has 2 heteroatoms. The summed E-state index contributed by atoms with van der Waals surface area (Å²) in [5.74, 6) is 0. The van der Waals surface area contributed by atoms with Gasteiger partial charge in [0.25, 0.3) is 0 Å². The second-order valence-electron chi connectivity index (χ2n) is 5.87. The average Bonchev–Trinajstić information content (AvgIpc) is 2.38. The molecule has 1 aromatic rings. The van der Waals surface area contributed by atoms with Gasteiger partial charge in [-0.1, -0.05) is 25.1 Å². The Morgan fingerprint density at radius 1 is 1.28 bits per heavy atom. The quantitative estimate of drug-likeness (QED) is 0.851. The fourth-order valence-corrected chi connectivity index (χ4v) is 3.19. The van der Waals surface area contributed by atoms with Crippen molar-refractivity contribution in [3.63, 3.8) is 0 Å². The Labute approximate surface area is 110 Å². The molecule has 1 fully saturated rings. The van der Waals surface area contributed by atoms with Gasteiger partial charge in [0.1, 0.15) is 0 Å². The molecule has 98 valence electrons. The van der Waals surface area contributed by atoms with Crippen LogP contribution in [0.5, 0.6) is 0 Å². The van der Waals surface area contributed by atoms with E-state index >= 15 is 0 Å². The molecule has 0 aromatic heterocycles. The van der Waals surface area contributed by atoms with Crippen molar-refractivity contribution in [2.75, 3.05) is 6.54 Å². The molecular formula is C16H24N2. The highest BCUT2D eigenvalue weighted by Gasteiger charge is 2.34. The molecule has 0 radical (unpaired) electrons. The zero-order valence-electron chi connectivity index (χ0n) is 11.4. The second-order valence-corrected chi connectivity index (χ2v) is 5.87. The summed E-state index contributed by atoms with van der Waals surface area (Å²) in [6.07, 6.45) is 6.56. The molecule has 1 aliphatic heterocycles. The van der Waals surface area contributed by atoms with Gasteiger partial charge < -0.3 is 10.6 Å². The maximum absolute atomic E-state index is 3.78. The van der Waals surface area contributed by atoms with Crippen molar-refractivity contribution >= 4 is 0 Å². The van der Waals surface area contributed by atoms with Crippen molar-refractivity contribution in [1.29, 1.82) is 0 Å². The Hall–Kier alpha value is -0.860. The van der Waals surface area contributed by atoms with E-state index < -0.39 is 0 Å². The first-order valence-electron chi connectivity index (χ1n) is 7.38. The predicted molar refractivity (Wildman–Crippen MR) is 75.6 cm³/mol. The lowest BCUT2D eigenvalue weighted by atomic mass is 9.75. The van der Waals surface area contributed by atoms with Crippen LogP contribution in [0.4, 0.5) is 0 Å². The summed E-state index contributed by atoms with van der Waals surface area (Å²) in [5.41, 5.74) is 4.93. The van der Waals surface area contributed by atoms with Crippen LogP contribution >= 0.6 is 0 Å². The molecule has 1 heterocycles. The molecule has 0 atom stereocenters. The van der Waals surface area contributed by atoms with Crippen molar-refractivity contribution in [1.82, 2.24) is 10.6 Å². The van der Waals surface area contributed by atoms with Crippen molar-refractivity contribution in [3.05, 3.63) is 34.9 Å². The summed E-state index contributed by atoms with van der Waals surface area (Å²) in [4.78, 5) is 0. The first kappa shape index (κ1) is 12.2. The van der Waals surface area contributed by atoms with Crippen LogP contribution < -0.4 is 10.6 Å². The number of rotatable bonds is 4. The molecule has 0 saturated heterocycles. The van der Waals surface area contributed by atoms with E-state index in [4.69, 9.17) is 0 Å². The molecule has 0 spiro atoms. The third kappa shape index (κ3) is 2.32. The summed E-state index contributed by atoms with van der Waals surface area (Å²) in [5, 5.41) is 7.24. The SMILES string of the molecule is CCC1(NCc2ccc3c(c2)CNCC3)CCC1. The van der Waals surface area contributed by atoms with E-state index in [0.717, 1.165) is 19.6 Å². The Balaban J connectivity index is 1.66. The van der Waals surface area contributed by atoms with Crippen LogP contribution in [0.2, 0.25) is 0 Å². The molecule has 0 bridgehead atoms. The van der Waals surface area contributed by atoms with Gasteiger partial charge in [-0.15, -0.1) is 0 Å². The molecule has 2 N–H and O–H groups in total. The first-order valence-corrected chi connectivity index (χ1v) is 7.38. The van der Waals surface area contributed by atoms with Gasteiger partial charge in [0.15, 0.2) is 0 Å². The minimum absolute atomic E-state index is 0.453. The topological polar surface area (TPSA) is 24.1 Å². The largest absolute Gasteiger partial charge is 0.312 e. The minimum atomic E-state index is 0.453. The number of fused-ring (bicyclic) bond motifs is 1. The molecule has 0 unspecified atom stereocenters. The van der Waals surface area contributed by atoms with E-state index in [2.05, 4.69) is 35.8 Å². The van der Waals surface area contributed by atoms with Crippen LogP contribution in [0.3, 0.4) is 0 Å². The van der Waals surface area contributed by atoms with Gasteiger partial charge in [-0.3, -0.25) is 0 Å².